The molecule has 0 saturated heterocycles. The molecule has 0 aliphatic heterocycles. The maximum absolute atomic E-state index is 14.2. The summed E-state index contributed by atoms with van der Waals surface area (Å²) in [5.41, 5.74) is 2.06. The summed E-state index contributed by atoms with van der Waals surface area (Å²) in [5.74, 6) is 1.22. The average molecular weight is 404 g/mol. The Morgan fingerprint density at radius 2 is 1.79 bits per heavy atom. The van der Waals surface area contributed by atoms with E-state index in [0.717, 1.165) is 5.56 Å². The number of methoxy groups -OCH3 is 3. The van der Waals surface area contributed by atoms with Crippen molar-refractivity contribution in [3.8, 4) is 28.6 Å². The lowest BCUT2D eigenvalue weighted by Crippen LogP contribution is -2.06. The van der Waals surface area contributed by atoms with Crippen LogP contribution in [0, 0.1) is 5.82 Å². The van der Waals surface area contributed by atoms with E-state index in [4.69, 9.17) is 25.8 Å². The quantitative estimate of drug-likeness (QED) is 0.623. The zero-order valence-electron chi connectivity index (χ0n) is 15.6. The topological polar surface area (TPSA) is 65.5 Å². The number of hydrogen-bond donors (Lipinski definition) is 1. The maximum atomic E-state index is 14.2. The molecular formula is C20H19ClFN3O3. The van der Waals surface area contributed by atoms with Gasteiger partial charge < -0.3 is 19.5 Å². The Balaban J connectivity index is 1.90. The molecule has 1 N–H and O–H groups in total. The van der Waals surface area contributed by atoms with Crippen molar-refractivity contribution in [3.63, 3.8) is 0 Å². The van der Waals surface area contributed by atoms with Gasteiger partial charge in [0.25, 0.3) is 5.88 Å². The fraction of sp³-hybridized carbons (Fsp3) is 0.200. The van der Waals surface area contributed by atoms with E-state index in [1.165, 1.54) is 25.3 Å². The molecule has 0 bridgehead atoms. The highest BCUT2D eigenvalue weighted by molar-refractivity contribution is 6.30. The zero-order valence-corrected chi connectivity index (χ0v) is 16.4. The molecule has 0 aliphatic carbocycles. The molecule has 8 heteroatoms. The van der Waals surface area contributed by atoms with Crippen molar-refractivity contribution in [3.05, 3.63) is 58.9 Å². The molecule has 0 spiro atoms. The van der Waals surface area contributed by atoms with Crippen LogP contribution >= 0.6 is 11.6 Å². The van der Waals surface area contributed by atoms with Gasteiger partial charge in [-0.25, -0.2) is 4.39 Å². The smallest absolute Gasteiger partial charge is 0.256 e. The van der Waals surface area contributed by atoms with Crippen LogP contribution in [0.2, 0.25) is 5.02 Å². The van der Waals surface area contributed by atoms with Gasteiger partial charge in [0.2, 0.25) is 0 Å². The third kappa shape index (κ3) is 4.26. The Morgan fingerprint density at radius 1 is 0.964 bits per heavy atom. The van der Waals surface area contributed by atoms with Gasteiger partial charge in [-0.3, -0.25) is 0 Å². The molecule has 0 amide bonds. The highest BCUT2D eigenvalue weighted by Crippen LogP contribution is 2.31. The lowest BCUT2D eigenvalue weighted by atomic mass is 10.1. The van der Waals surface area contributed by atoms with Gasteiger partial charge in [0.05, 0.1) is 27.0 Å². The van der Waals surface area contributed by atoms with E-state index in [1.807, 2.05) is 12.1 Å². The van der Waals surface area contributed by atoms with E-state index in [9.17, 15) is 4.39 Å². The van der Waals surface area contributed by atoms with E-state index in [-0.39, 0.29) is 5.56 Å². The van der Waals surface area contributed by atoms with Crippen LogP contribution in [0.1, 0.15) is 5.56 Å². The summed E-state index contributed by atoms with van der Waals surface area (Å²) in [6.07, 6.45) is 0. The van der Waals surface area contributed by atoms with Crippen LogP contribution in [0.15, 0.2) is 42.5 Å². The second-order valence-corrected chi connectivity index (χ2v) is 6.24. The number of hydrogen-bond acceptors (Lipinski definition) is 6. The second-order valence-electron chi connectivity index (χ2n) is 5.81. The van der Waals surface area contributed by atoms with Crippen LogP contribution in [0.5, 0.6) is 17.4 Å². The first-order chi connectivity index (χ1) is 13.5. The van der Waals surface area contributed by atoms with Gasteiger partial charge in [0, 0.05) is 28.8 Å². The number of halogens is 2. The first kappa shape index (κ1) is 19.7. The van der Waals surface area contributed by atoms with Crippen LogP contribution in [0.25, 0.3) is 11.3 Å². The first-order valence-corrected chi connectivity index (χ1v) is 8.75. The molecule has 28 heavy (non-hydrogen) atoms. The van der Waals surface area contributed by atoms with Crippen LogP contribution in [-0.4, -0.2) is 31.5 Å². The van der Waals surface area contributed by atoms with Crippen molar-refractivity contribution in [2.24, 2.45) is 0 Å². The standard InChI is InChI=1S/C20H19ClFN3O3/c1-26-14-6-4-12(19(9-14)27-2)11-23-18-10-17(24-25-20(18)28-3)15-8-13(21)5-7-16(15)22/h4-10H,11H2,1-3H3,(H,23,24). The first-order valence-electron chi connectivity index (χ1n) is 8.37. The third-order valence-electron chi connectivity index (χ3n) is 4.12. The normalized spacial score (nSPS) is 10.5. The van der Waals surface area contributed by atoms with E-state index in [2.05, 4.69) is 15.5 Å². The van der Waals surface area contributed by atoms with Crippen LogP contribution in [-0.2, 0) is 6.54 Å². The summed E-state index contributed by atoms with van der Waals surface area (Å²) in [6, 6.07) is 11.5. The Labute approximate surface area is 167 Å². The van der Waals surface area contributed by atoms with Crippen LogP contribution in [0.3, 0.4) is 0 Å². The van der Waals surface area contributed by atoms with Gasteiger partial charge >= 0.3 is 0 Å². The number of nitrogens with zero attached hydrogens (tertiary/aromatic N) is 2. The highest BCUT2D eigenvalue weighted by Gasteiger charge is 2.14. The fourth-order valence-electron chi connectivity index (χ4n) is 2.67. The maximum Gasteiger partial charge on any atom is 0.256 e. The molecule has 146 valence electrons. The molecule has 0 saturated carbocycles. The van der Waals surface area contributed by atoms with Crippen molar-refractivity contribution < 1.29 is 18.6 Å². The monoisotopic (exact) mass is 403 g/mol. The Morgan fingerprint density at radius 3 is 2.50 bits per heavy atom. The van der Waals surface area contributed by atoms with Crippen LogP contribution in [0.4, 0.5) is 10.1 Å². The minimum absolute atomic E-state index is 0.257. The van der Waals surface area contributed by atoms with E-state index in [1.54, 1.807) is 26.4 Å². The summed E-state index contributed by atoms with van der Waals surface area (Å²) in [4.78, 5) is 0. The Bertz CT molecular complexity index is 985. The molecule has 2 aromatic carbocycles. The minimum atomic E-state index is -0.438. The van der Waals surface area contributed by atoms with E-state index in [0.29, 0.717) is 40.3 Å². The predicted molar refractivity (Wildman–Crippen MR) is 106 cm³/mol. The molecule has 0 unspecified atom stereocenters. The zero-order chi connectivity index (χ0) is 20.1. The van der Waals surface area contributed by atoms with Crippen molar-refractivity contribution in [1.29, 1.82) is 0 Å². The third-order valence-corrected chi connectivity index (χ3v) is 4.36. The van der Waals surface area contributed by atoms with Crippen molar-refractivity contribution in [2.45, 2.75) is 6.54 Å². The van der Waals surface area contributed by atoms with Crippen LogP contribution < -0.4 is 19.5 Å². The Hall–Kier alpha value is -3.06. The summed E-state index contributed by atoms with van der Waals surface area (Å²) in [6.45, 7) is 0.423. The largest absolute Gasteiger partial charge is 0.497 e. The lowest BCUT2D eigenvalue weighted by molar-refractivity contribution is 0.390. The average Bonchev–Trinajstić information content (AvgIpc) is 2.73. The second kappa shape index (κ2) is 8.75. The SMILES string of the molecule is COc1ccc(CNc2cc(-c3cc(Cl)ccc3F)nnc2OC)c(OC)c1. The number of nitrogens with one attached hydrogen (secondary N) is 1. The van der Waals surface area contributed by atoms with E-state index >= 15 is 0 Å². The molecule has 1 aromatic heterocycles. The molecule has 0 atom stereocenters. The molecule has 3 rings (SSSR count). The van der Waals surface area contributed by atoms with Crippen molar-refractivity contribution in [2.75, 3.05) is 26.6 Å². The molecular weight excluding hydrogens is 385 g/mol. The van der Waals surface area contributed by atoms with Gasteiger partial charge in [0.15, 0.2) is 0 Å². The lowest BCUT2D eigenvalue weighted by Gasteiger charge is -2.14. The van der Waals surface area contributed by atoms with Crippen molar-refractivity contribution in [1.82, 2.24) is 10.2 Å². The van der Waals surface area contributed by atoms with Crippen molar-refractivity contribution >= 4 is 17.3 Å². The molecule has 0 aliphatic rings. The summed E-state index contributed by atoms with van der Waals surface area (Å²) in [7, 11) is 4.67. The number of ether oxygens (including phenoxy) is 3. The summed E-state index contributed by atoms with van der Waals surface area (Å²) in [5, 5.41) is 11.7. The number of rotatable bonds is 7. The minimum Gasteiger partial charge on any atom is -0.497 e. The molecule has 0 fully saturated rings. The molecule has 0 radical (unpaired) electrons. The Kier molecular flexibility index (Phi) is 6.16. The molecule has 6 nitrogen and oxygen atoms in total. The van der Waals surface area contributed by atoms with Gasteiger partial charge in [0.1, 0.15) is 23.0 Å². The summed E-state index contributed by atoms with van der Waals surface area (Å²) < 4.78 is 30.1. The highest BCUT2D eigenvalue weighted by atomic mass is 35.5. The summed E-state index contributed by atoms with van der Waals surface area (Å²) >= 11 is 5.99. The van der Waals surface area contributed by atoms with Gasteiger partial charge in [-0.05, 0) is 36.4 Å². The fourth-order valence-corrected chi connectivity index (χ4v) is 2.84. The van der Waals surface area contributed by atoms with E-state index < -0.39 is 5.82 Å². The number of anilines is 1. The number of aromatic nitrogens is 2. The predicted octanol–water partition coefficient (Wildman–Crippen LogP) is 4.57. The number of benzene rings is 2. The van der Waals surface area contributed by atoms with Gasteiger partial charge in [-0.2, -0.15) is 0 Å². The molecule has 1 heterocycles. The van der Waals surface area contributed by atoms with Gasteiger partial charge in [-0.15, -0.1) is 10.2 Å². The van der Waals surface area contributed by atoms with Gasteiger partial charge in [-0.1, -0.05) is 11.6 Å². The molecule has 3 aromatic rings.